The lowest BCUT2D eigenvalue weighted by molar-refractivity contribution is -0.384. The number of hydrazone groups is 1. The van der Waals surface area contributed by atoms with Gasteiger partial charge in [0.15, 0.2) is 11.5 Å². The lowest BCUT2D eigenvalue weighted by Gasteiger charge is -2.11. The Morgan fingerprint density at radius 3 is 2.59 bits per heavy atom. The van der Waals surface area contributed by atoms with Crippen LogP contribution in [0.2, 0.25) is 0 Å². The van der Waals surface area contributed by atoms with Crippen LogP contribution in [0.5, 0.6) is 17.2 Å². The zero-order valence-electron chi connectivity index (χ0n) is 16.8. The topological polar surface area (TPSA) is 123 Å². The first-order chi connectivity index (χ1) is 15.4. The molecular weight excluding hydrogens is 482 g/mol. The summed E-state index contributed by atoms with van der Waals surface area (Å²) in [6, 6.07) is 16.0. The molecule has 0 spiro atoms. The van der Waals surface area contributed by atoms with Gasteiger partial charge in [-0.2, -0.15) is 5.10 Å². The molecule has 0 bridgehead atoms. The predicted molar refractivity (Wildman–Crippen MR) is 121 cm³/mol. The van der Waals surface area contributed by atoms with E-state index < -0.39 is 16.6 Å². The van der Waals surface area contributed by atoms with Gasteiger partial charge in [-0.15, -0.1) is 0 Å². The molecule has 0 aliphatic rings. The minimum Gasteiger partial charge on any atom is -0.507 e. The number of non-ortho nitro benzene ring substituents is 1. The first kappa shape index (κ1) is 22.8. The van der Waals surface area contributed by atoms with Crippen molar-refractivity contribution < 1.29 is 24.3 Å². The van der Waals surface area contributed by atoms with Gasteiger partial charge in [0, 0.05) is 16.6 Å². The third-order valence-corrected chi connectivity index (χ3v) is 4.84. The number of phenols is 1. The van der Waals surface area contributed by atoms with E-state index in [-0.39, 0.29) is 11.3 Å². The zero-order chi connectivity index (χ0) is 23.1. The second-order valence-electron chi connectivity index (χ2n) is 6.48. The van der Waals surface area contributed by atoms with Crippen molar-refractivity contribution in [1.29, 1.82) is 0 Å². The highest BCUT2D eigenvalue weighted by Gasteiger charge is 2.16. The summed E-state index contributed by atoms with van der Waals surface area (Å²) in [5, 5.41) is 24.5. The fraction of sp³-hybridized carbons (Fsp3) is 0.0909. The third kappa shape index (κ3) is 5.82. The molecule has 1 amide bonds. The van der Waals surface area contributed by atoms with Crippen LogP contribution < -0.4 is 14.9 Å². The number of carbonyl (C=O) groups is 1. The van der Waals surface area contributed by atoms with Crippen LogP contribution >= 0.6 is 15.9 Å². The largest absolute Gasteiger partial charge is 0.507 e. The van der Waals surface area contributed by atoms with Crippen molar-refractivity contribution in [3.63, 3.8) is 0 Å². The number of amides is 1. The molecule has 9 nitrogen and oxygen atoms in total. The van der Waals surface area contributed by atoms with Gasteiger partial charge in [-0.1, -0.05) is 28.1 Å². The number of nitro groups is 1. The van der Waals surface area contributed by atoms with Crippen LogP contribution in [0, 0.1) is 10.1 Å². The molecule has 3 aromatic rings. The van der Waals surface area contributed by atoms with Gasteiger partial charge < -0.3 is 14.6 Å². The van der Waals surface area contributed by atoms with E-state index in [9.17, 15) is 20.0 Å². The molecule has 164 valence electrons. The van der Waals surface area contributed by atoms with Gasteiger partial charge >= 0.3 is 0 Å². The number of methoxy groups -OCH3 is 1. The molecule has 0 atom stereocenters. The molecule has 0 aliphatic carbocycles. The fourth-order valence-corrected chi connectivity index (χ4v) is 2.93. The molecule has 0 fully saturated rings. The number of nitro benzene ring substituents is 1. The van der Waals surface area contributed by atoms with Crippen LogP contribution in [0.1, 0.15) is 21.5 Å². The van der Waals surface area contributed by atoms with Crippen molar-refractivity contribution >= 4 is 33.7 Å². The van der Waals surface area contributed by atoms with Gasteiger partial charge in [0.1, 0.15) is 12.4 Å². The average molecular weight is 500 g/mol. The standard InChI is InChI=1S/C22H18BrN3O6/c1-31-21-10-15(4-9-20(21)32-13-14-2-5-16(23)6-3-14)12-24-25-22(28)18-11-17(26(29)30)7-8-19(18)27/h2-12,27H,13H2,1H3,(H,25,28)/b24-12-. The first-order valence-electron chi connectivity index (χ1n) is 9.23. The van der Waals surface area contributed by atoms with E-state index in [1.165, 1.54) is 13.3 Å². The molecule has 0 saturated carbocycles. The quantitative estimate of drug-likeness (QED) is 0.268. The summed E-state index contributed by atoms with van der Waals surface area (Å²) in [7, 11) is 1.51. The number of hydrogen-bond donors (Lipinski definition) is 2. The number of hydrogen-bond acceptors (Lipinski definition) is 7. The summed E-state index contributed by atoms with van der Waals surface area (Å²) < 4.78 is 12.2. The summed E-state index contributed by atoms with van der Waals surface area (Å²) >= 11 is 3.39. The number of carbonyl (C=O) groups excluding carboxylic acids is 1. The highest BCUT2D eigenvalue weighted by atomic mass is 79.9. The van der Waals surface area contributed by atoms with Gasteiger partial charge in [0.25, 0.3) is 11.6 Å². The zero-order valence-corrected chi connectivity index (χ0v) is 18.4. The number of ether oxygens (including phenoxy) is 2. The molecular formula is C22H18BrN3O6. The molecule has 0 unspecified atom stereocenters. The smallest absolute Gasteiger partial charge is 0.275 e. The molecule has 0 saturated heterocycles. The molecule has 0 radical (unpaired) electrons. The fourth-order valence-electron chi connectivity index (χ4n) is 2.67. The maximum absolute atomic E-state index is 12.2. The van der Waals surface area contributed by atoms with Crippen LogP contribution in [-0.2, 0) is 6.61 Å². The van der Waals surface area contributed by atoms with Crippen LogP contribution in [0.4, 0.5) is 5.69 Å². The van der Waals surface area contributed by atoms with Crippen LogP contribution in [0.3, 0.4) is 0 Å². The van der Waals surface area contributed by atoms with E-state index >= 15 is 0 Å². The first-order valence-corrected chi connectivity index (χ1v) is 10.0. The molecule has 0 aliphatic heterocycles. The minimum atomic E-state index is -0.788. The van der Waals surface area contributed by atoms with E-state index in [0.29, 0.717) is 23.7 Å². The lowest BCUT2D eigenvalue weighted by Crippen LogP contribution is -2.18. The average Bonchev–Trinajstić information content (AvgIpc) is 2.79. The van der Waals surface area contributed by atoms with Crippen LogP contribution in [-0.4, -0.2) is 29.3 Å². The van der Waals surface area contributed by atoms with Crippen molar-refractivity contribution in [2.75, 3.05) is 7.11 Å². The number of rotatable bonds is 8. The number of benzene rings is 3. The molecule has 3 aromatic carbocycles. The van der Waals surface area contributed by atoms with Crippen molar-refractivity contribution in [2.24, 2.45) is 5.10 Å². The summed E-state index contributed by atoms with van der Waals surface area (Å²) in [6.07, 6.45) is 1.37. The summed E-state index contributed by atoms with van der Waals surface area (Å²) in [5.74, 6) is -0.159. The highest BCUT2D eigenvalue weighted by molar-refractivity contribution is 9.10. The van der Waals surface area contributed by atoms with Crippen molar-refractivity contribution in [3.8, 4) is 17.2 Å². The Kier molecular flexibility index (Phi) is 7.40. The Bertz CT molecular complexity index is 1160. The molecule has 0 aromatic heterocycles. The van der Waals surface area contributed by atoms with Crippen molar-refractivity contribution in [1.82, 2.24) is 5.43 Å². The summed E-state index contributed by atoms with van der Waals surface area (Å²) in [4.78, 5) is 22.4. The molecule has 3 rings (SSSR count). The molecule has 32 heavy (non-hydrogen) atoms. The van der Waals surface area contributed by atoms with E-state index in [0.717, 1.165) is 28.2 Å². The third-order valence-electron chi connectivity index (χ3n) is 4.31. The molecule has 10 heteroatoms. The number of halogens is 1. The van der Waals surface area contributed by atoms with E-state index in [1.807, 2.05) is 24.3 Å². The minimum absolute atomic E-state index is 0.259. The Labute approximate surface area is 191 Å². The number of phenolic OH excluding ortho intramolecular Hbond substituents is 1. The second kappa shape index (κ2) is 10.4. The highest BCUT2D eigenvalue weighted by Crippen LogP contribution is 2.28. The second-order valence-corrected chi connectivity index (χ2v) is 7.40. The van der Waals surface area contributed by atoms with Gasteiger partial charge in [-0.25, -0.2) is 5.43 Å². The normalized spacial score (nSPS) is 10.7. The Hall–Kier alpha value is -3.92. The number of nitrogens with one attached hydrogen (secondary N) is 1. The maximum atomic E-state index is 12.2. The van der Waals surface area contributed by atoms with E-state index in [4.69, 9.17) is 9.47 Å². The Morgan fingerprint density at radius 2 is 1.91 bits per heavy atom. The molecule has 0 heterocycles. The SMILES string of the molecule is COc1cc(/C=N\NC(=O)c2cc([N+](=O)[O-])ccc2O)ccc1OCc1ccc(Br)cc1. The van der Waals surface area contributed by atoms with Crippen LogP contribution in [0.25, 0.3) is 0 Å². The number of nitrogens with zero attached hydrogens (tertiary/aromatic N) is 2. The monoisotopic (exact) mass is 499 g/mol. The summed E-state index contributed by atoms with van der Waals surface area (Å²) in [5.41, 5.74) is 3.26. The predicted octanol–water partition coefficient (Wildman–Crippen LogP) is 4.41. The number of aromatic hydroxyl groups is 1. The van der Waals surface area contributed by atoms with Gasteiger partial charge in [0.2, 0.25) is 0 Å². The van der Waals surface area contributed by atoms with Crippen LogP contribution in [0.15, 0.2) is 70.2 Å². The van der Waals surface area contributed by atoms with Gasteiger partial charge in [-0.05, 0) is 47.5 Å². The Morgan fingerprint density at radius 1 is 1.16 bits per heavy atom. The maximum Gasteiger partial charge on any atom is 0.275 e. The van der Waals surface area contributed by atoms with Gasteiger partial charge in [-0.3, -0.25) is 14.9 Å². The van der Waals surface area contributed by atoms with E-state index in [2.05, 4.69) is 26.5 Å². The lowest BCUT2D eigenvalue weighted by atomic mass is 10.1. The Balaban J connectivity index is 1.66. The summed E-state index contributed by atoms with van der Waals surface area (Å²) in [6.45, 7) is 0.361. The van der Waals surface area contributed by atoms with Crippen molar-refractivity contribution in [2.45, 2.75) is 6.61 Å². The molecule has 2 N–H and O–H groups in total. The van der Waals surface area contributed by atoms with E-state index in [1.54, 1.807) is 18.2 Å². The van der Waals surface area contributed by atoms with Gasteiger partial charge in [0.05, 0.1) is 23.8 Å². The van der Waals surface area contributed by atoms with Crippen molar-refractivity contribution in [3.05, 3.63) is 91.9 Å².